The van der Waals surface area contributed by atoms with Gasteiger partial charge in [-0.05, 0) is 89.9 Å². The molecule has 0 aliphatic heterocycles. The summed E-state index contributed by atoms with van der Waals surface area (Å²) in [5.41, 5.74) is 0. The molecule has 10 heteroatoms. The van der Waals surface area contributed by atoms with Crippen molar-refractivity contribution < 1.29 is 42.1 Å². The van der Waals surface area contributed by atoms with Gasteiger partial charge in [-0.2, -0.15) is 0 Å². The van der Waals surface area contributed by atoms with Crippen LogP contribution in [-0.4, -0.2) is 74.9 Å². The average Bonchev–Trinajstić information content (AvgIpc) is 3.36. The minimum Gasteiger partial charge on any atom is -0.462 e. The molecule has 0 aliphatic rings. The third-order valence-corrected chi connectivity index (χ3v) is 13.6. The van der Waals surface area contributed by atoms with Crippen molar-refractivity contribution in [3.05, 3.63) is 97.2 Å². The van der Waals surface area contributed by atoms with Crippen LogP contribution in [0, 0.1) is 0 Å². The molecule has 2 atom stereocenters. The SMILES string of the molecule is CC/C=C\C/C=C\C/C=C\C/C=C\CCCCCCCCCCCCCCCCCCC(=O)OC(COC(=O)CCCCCCCCCC/C=C\C/C=C\C/C=C\C/C=C\CC)COP(=O)(O)OCC[N+](C)(C)C. The fraction of sp³-hybridized carbons (Fsp3) is 0.719. The summed E-state index contributed by atoms with van der Waals surface area (Å²) >= 11 is 0. The van der Waals surface area contributed by atoms with E-state index in [4.69, 9.17) is 18.5 Å². The van der Waals surface area contributed by atoms with Crippen molar-refractivity contribution in [1.82, 2.24) is 0 Å². The van der Waals surface area contributed by atoms with Gasteiger partial charge in [-0.1, -0.05) is 239 Å². The van der Waals surface area contributed by atoms with Gasteiger partial charge >= 0.3 is 19.8 Å². The molecule has 2 unspecified atom stereocenters. The van der Waals surface area contributed by atoms with Crippen LogP contribution in [0.5, 0.6) is 0 Å². The predicted molar refractivity (Wildman–Crippen MR) is 316 cm³/mol. The van der Waals surface area contributed by atoms with Gasteiger partial charge in [0.1, 0.15) is 19.8 Å². The molecule has 0 rings (SSSR count). The first-order chi connectivity index (χ1) is 36.0. The van der Waals surface area contributed by atoms with Gasteiger partial charge in [0.05, 0.1) is 27.7 Å². The summed E-state index contributed by atoms with van der Waals surface area (Å²) < 4.78 is 34.6. The summed E-state index contributed by atoms with van der Waals surface area (Å²) in [4.78, 5) is 35.7. The molecule has 9 nitrogen and oxygen atoms in total. The Kier molecular flexibility index (Phi) is 52.4. The lowest BCUT2D eigenvalue weighted by Gasteiger charge is -2.24. The Hall–Kier alpha value is -3.07. The zero-order valence-electron chi connectivity index (χ0n) is 48.3. The molecular weight excluding hydrogens is 942 g/mol. The summed E-state index contributed by atoms with van der Waals surface area (Å²) in [7, 11) is 1.47. The molecule has 0 amide bonds. The van der Waals surface area contributed by atoms with Crippen LogP contribution in [0.4, 0.5) is 0 Å². The first-order valence-corrected chi connectivity index (χ1v) is 31.5. The van der Waals surface area contributed by atoms with E-state index >= 15 is 0 Å². The Morgan fingerprint density at radius 3 is 1.08 bits per heavy atom. The lowest BCUT2D eigenvalue weighted by molar-refractivity contribution is -0.870. The van der Waals surface area contributed by atoms with E-state index in [1.165, 1.54) is 109 Å². The standard InChI is InChI=1S/C64H112NO8P/c1-6-8-10-12-14-16-18-20-22-24-26-28-29-30-31-32-33-34-35-37-39-41-43-45-47-49-51-53-55-57-64(67)73-62(61-72-74(68,69)71-59-58-65(3,4)5)60-70-63(66)56-54-52-50-48-46-44-42-40-38-36-27-25-23-21-19-17-15-13-11-9-7-2/h8-11,14-17,20-23,26-28,36,62H,6-7,12-13,18-19,24-25,29-35,37-61H2,1-5H3/p+1/b10-8-,11-9-,16-14-,17-15-,22-20-,23-21-,28-26-,36-27-. The molecule has 74 heavy (non-hydrogen) atoms. The van der Waals surface area contributed by atoms with Gasteiger partial charge in [-0.25, -0.2) is 4.57 Å². The molecule has 0 spiro atoms. The van der Waals surface area contributed by atoms with Crippen molar-refractivity contribution in [3.8, 4) is 0 Å². The number of hydrogen-bond donors (Lipinski definition) is 1. The number of phosphoric ester groups is 1. The highest BCUT2D eigenvalue weighted by Gasteiger charge is 2.27. The highest BCUT2D eigenvalue weighted by molar-refractivity contribution is 7.47. The Labute approximate surface area is 455 Å². The second kappa shape index (κ2) is 54.7. The van der Waals surface area contributed by atoms with Gasteiger partial charge in [0.15, 0.2) is 6.10 Å². The minimum atomic E-state index is -4.39. The van der Waals surface area contributed by atoms with Gasteiger partial charge in [-0.15, -0.1) is 0 Å². The third kappa shape index (κ3) is 58.2. The lowest BCUT2D eigenvalue weighted by Crippen LogP contribution is -2.37. The monoisotopic (exact) mass is 1050 g/mol. The molecule has 0 aliphatic carbocycles. The van der Waals surface area contributed by atoms with Gasteiger partial charge in [-0.3, -0.25) is 18.6 Å². The van der Waals surface area contributed by atoms with Crippen molar-refractivity contribution in [1.29, 1.82) is 0 Å². The van der Waals surface area contributed by atoms with Crippen molar-refractivity contribution >= 4 is 19.8 Å². The molecule has 0 bridgehead atoms. The number of allylic oxidation sites excluding steroid dienone is 16. The fourth-order valence-electron chi connectivity index (χ4n) is 8.06. The first-order valence-electron chi connectivity index (χ1n) is 30.0. The maximum absolute atomic E-state index is 12.8. The lowest BCUT2D eigenvalue weighted by atomic mass is 10.0. The number of quaternary nitrogens is 1. The number of hydrogen-bond acceptors (Lipinski definition) is 7. The molecule has 0 saturated carbocycles. The van der Waals surface area contributed by atoms with E-state index in [1.807, 2.05) is 21.1 Å². The summed E-state index contributed by atoms with van der Waals surface area (Å²) in [6, 6.07) is 0. The topological polar surface area (TPSA) is 108 Å². The zero-order chi connectivity index (χ0) is 54.2. The molecule has 0 aromatic heterocycles. The number of ether oxygens (including phenoxy) is 2. The minimum absolute atomic E-state index is 0.0268. The molecule has 426 valence electrons. The molecule has 0 radical (unpaired) electrons. The number of carbonyl (C=O) groups excluding carboxylic acids is 2. The molecular formula is C64H113NO8P+. The maximum Gasteiger partial charge on any atom is 0.472 e. The quantitative estimate of drug-likeness (QED) is 0.0211. The number of unbranched alkanes of at least 4 members (excludes halogenated alkanes) is 24. The maximum atomic E-state index is 12.8. The molecule has 0 aromatic carbocycles. The van der Waals surface area contributed by atoms with E-state index in [-0.39, 0.29) is 32.0 Å². The van der Waals surface area contributed by atoms with Crippen LogP contribution in [0.2, 0.25) is 0 Å². The van der Waals surface area contributed by atoms with Gasteiger partial charge in [0.25, 0.3) is 0 Å². The van der Waals surface area contributed by atoms with Crippen LogP contribution in [0.1, 0.15) is 245 Å². The number of carbonyl (C=O) groups is 2. The Morgan fingerprint density at radius 1 is 0.419 bits per heavy atom. The normalized spacial score (nSPS) is 14.0. The highest BCUT2D eigenvalue weighted by Crippen LogP contribution is 2.43. The van der Waals surface area contributed by atoms with Crippen molar-refractivity contribution in [2.45, 2.75) is 251 Å². The van der Waals surface area contributed by atoms with Gasteiger partial charge in [0, 0.05) is 12.8 Å². The number of phosphoric acid groups is 1. The number of nitrogens with zero attached hydrogens (tertiary/aromatic N) is 1. The largest absolute Gasteiger partial charge is 0.472 e. The second-order valence-electron chi connectivity index (χ2n) is 21.0. The summed E-state index contributed by atoms with van der Waals surface area (Å²) in [5.74, 6) is -0.806. The van der Waals surface area contributed by atoms with E-state index in [0.717, 1.165) is 103 Å². The third-order valence-electron chi connectivity index (χ3n) is 12.6. The van der Waals surface area contributed by atoms with Crippen molar-refractivity contribution in [2.75, 3.05) is 47.5 Å². The Balaban J connectivity index is 4.14. The van der Waals surface area contributed by atoms with E-state index in [0.29, 0.717) is 17.4 Å². The summed E-state index contributed by atoms with van der Waals surface area (Å²) in [6.45, 7) is 4.21. The smallest absolute Gasteiger partial charge is 0.462 e. The van der Waals surface area contributed by atoms with E-state index < -0.39 is 26.5 Å². The number of rotatable bonds is 54. The molecule has 1 N–H and O–H groups in total. The Morgan fingerprint density at radius 2 is 0.730 bits per heavy atom. The van der Waals surface area contributed by atoms with Crippen molar-refractivity contribution in [3.63, 3.8) is 0 Å². The zero-order valence-corrected chi connectivity index (χ0v) is 49.2. The highest BCUT2D eigenvalue weighted by atomic mass is 31.2. The van der Waals surface area contributed by atoms with Crippen LogP contribution >= 0.6 is 7.82 Å². The molecule has 0 saturated heterocycles. The summed E-state index contributed by atoms with van der Waals surface area (Å²) in [5, 5.41) is 0. The van der Waals surface area contributed by atoms with Crippen LogP contribution in [0.25, 0.3) is 0 Å². The fourth-order valence-corrected chi connectivity index (χ4v) is 8.80. The van der Waals surface area contributed by atoms with Crippen LogP contribution < -0.4 is 0 Å². The first kappa shape index (κ1) is 70.9. The van der Waals surface area contributed by atoms with Crippen LogP contribution in [-0.2, 0) is 32.7 Å². The predicted octanol–water partition coefficient (Wildman–Crippen LogP) is 18.8. The van der Waals surface area contributed by atoms with Gasteiger partial charge in [0.2, 0.25) is 0 Å². The van der Waals surface area contributed by atoms with E-state index in [1.54, 1.807) is 0 Å². The number of likely N-dealkylation sites (N-methyl/N-ethyl adjacent to an activating group) is 1. The van der Waals surface area contributed by atoms with Gasteiger partial charge < -0.3 is 18.9 Å². The second-order valence-corrected chi connectivity index (χ2v) is 22.4. The molecule has 0 heterocycles. The van der Waals surface area contributed by atoms with Crippen LogP contribution in [0.15, 0.2) is 97.2 Å². The number of esters is 2. The molecule has 0 aromatic rings. The molecule has 0 fully saturated rings. The average molecular weight is 1060 g/mol. The van der Waals surface area contributed by atoms with Crippen molar-refractivity contribution in [2.24, 2.45) is 0 Å². The van der Waals surface area contributed by atoms with E-state index in [9.17, 15) is 19.0 Å². The van der Waals surface area contributed by atoms with E-state index in [2.05, 4.69) is 111 Å². The Bertz CT molecular complexity index is 1570. The van der Waals surface area contributed by atoms with Crippen LogP contribution in [0.3, 0.4) is 0 Å². The summed E-state index contributed by atoms with van der Waals surface area (Å²) in [6.07, 6.45) is 74.8.